The molecule has 28 heavy (non-hydrogen) atoms. The van der Waals surface area contributed by atoms with E-state index in [0.29, 0.717) is 16.4 Å². The number of nitrogens with zero attached hydrogens (tertiary/aromatic N) is 1. The van der Waals surface area contributed by atoms with Gasteiger partial charge in [0.15, 0.2) is 0 Å². The van der Waals surface area contributed by atoms with Crippen LogP contribution in [0, 0.1) is 4.91 Å². The average Bonchev–Trinajstić information content (AvgIpc) is 3.16. The Labute approximate surface area is 167 Å². The van der Waals surface area contributed by atoms with Crippen LogP contribution < -0.4 is 20.9 Å². The zero-order valence-corrected chi connectivity index (χ0v) is 16.3. The molecule has 0 bridgehead atoms. The van der Waals surface area contributed by atoms with Gasteiger partial charge in [0, 0.05) is 17.9 Å². The van der Waals surface area contributed by atoms with Crippen molar-refractivity contribution in [1.82, 2.24) is 0 Å². The molecule has 0 radical (unpaired) electrons. The van der Waals surface area contributed by atoms with Crippen LogP contribution in [0.25, 0.3) is 0 Å². The number of aromatic nitrogens is 1. The molecule has 1 amide bonds. The molecule has 0 aliphatic heterocycles. The molecular formula is C20H22N5O2S+. The van der Waals surface area contributed by atoms with Gasteiger partial charge in [-0.2, -0.15) is 5.32 Å². The number of anilines is 4. The highest BCUT2D eigenvalue weighted by Gasteiger charge is 2.19. The topological polar surface area (TPSA) is 96.7 Å². The molecule has 1 aromatic heterocycles. The van der Waals surface area contributed by atoms with E-state index in [1.807, 2.05) is 42.5 Å². The number of hydrogen-bond donors (Lipinski definition) is 3. The number of carbonyl (C=O) groups is 1. The maximum Gasteiger partial charge on any atom is 0.341 e. The van der Waals surface area contributed by atoms with Crippen LogP contribution in [0.3, 0.4) is 0 Å². The first-order valence-corrected chi connectivity index (χ1v) is 9.87. The van der Waals surface area contributed by atoms with Gasteiger partial charge < -0.3 is 10.6 Å². The van der Waals surface area contributed by atoms with Crippen molar-refractivity contribution in [3.8, 4) is 0 Å². The van der Waals surface area contributed by atoms with Gasteiger partial charge in [0.2, 0.25) is 5.00 Å². The summed E-state index contributed by atoms with van der Waals surface area (Å²) in [6.07, 6.45) is 3.64. The number of carbonyl (C=O) groups excluding carboxylic acids is 1. The van der Waals surface area contributed by atoms with Crippen molar-refractivity contribution in [3.05, 3.63) is 65.2 Å². The SMILES string of the molecule is CCCCNc1ccc(C(=O)Nc2[nH+]cc(N=O)s2)c(Nc2ccccc2)c1. The minimum atomic E-state index is -0.283. The van der Waals surface area contributed by atoms with Crippen LogP contribution >= 0.6 is 11.3 Å². The molecule has 3 rings (SSSR count). The summed E-state index contributed by atoms with van der Waals surface area (Å²) >= 11 is 1.08. The fourth-order valence-corrected chi connectivity index (χ4v) is 3.24. The Morgan fingerprint density at radius 1 is 1.14 bits per heavy atom. The summed E-state index contributed by atoms with van der Waals surface area (Å²) in [5, 5.41) is 13.0. The van der Waals surface area contributed by atoms with Gasteiger partial charge in [0.25, 0.3) is 0 Å². The van der Waals surface area contributed by atoms with Crippen LogP contribution in [-0.4, -0.2) is 12.5 Å². The molecule has 0 atom stereocenters. The fourth-order valence-electron chi connectivity index (χ4n) is 2.61. The second-order valence-electron chi connectivity index (χ2n) is 6.14. The van der Waals surface area contributed by atoms with Crippen molar-refractivity contribution < 1.29 is 9.78 Å². The van der Waals surface area contributed by atoms with E-state index in [-0.39, 0.29) is 10.9 Å². The summed E-state index contributed by atoms with van der Waals surface area (Å²) in [6, 6.07) is 15.3. The van der Waals surface area contributed by atoms with Crippen molar-refractivity contribution in [3.63, 3.8) is 0 Å². The van der Waals surface area contributed by atoms with Crippen LogP contribution in [0.1, 0.15) is 30.1 Å². The van der Waals surface area contributed by atoms with Crippen molar-refractivity contribution in [2.24, 2.45) is 5.18 Å². The Morgan fingerprint density at radius 3 is 2.68 bits per heavy atom. The van der Waals surface area contributed by atoms with Crippen molar-refractivity contribution in [2.45, 2.75) is 19.8 Å². The summed E-state index contributed by atoms with van der Waals surface area (Å²) in [5.74, 6) is -0.283. The summed E-state index contributed by atoms with van der Waals surface area (Å²) in [7, 11) is 0. The van der Waals surface area contributed by atoms with Crippen LogP contribution in [0.15, 0.2) is 59.9 Å². The van der Waals surface area contributed by atoms with Crippen LogP contribution in [0.4, 0.5) is 27.2 Å². The van der Waals surface area contributed by atoms with Gasteiger partial charge in [-0.3, -0.25) is 0 Å². The molecule has 0 saturated heterocycles. The maximum absolute atomic E-state index is 12.8. The molecule has 0 unspecified atom stereocenters. The quantitative estimate of drug-likeness (QED) is 0.343. The smallest absolute Gasteiger partial charge is 0.341 e. The van der Waals surface area contributed by atoms with Gasteiger partial charge in [-0.1, -0.05) is 31.5 Å². The first-order chi connectivity index (χ1) is 13.7. The van der Waals surface area contributed by atoms with Crippen molar-refractivity contribution in [2.75, 3.05) is 22.5 Å². The maximum atomic E-state index is 12.8. The predicted molar refractivity (Wildman–Crippen MR) is 114 cm³/mol. The molecule has 0 saturated carbocycles. The number of H-pyrrole nitrogens is 1. The van der Waals surface area contributed by atoms with E-state index < -0.39 is 0 Å². The van der Waals surface area contributed by atoms with Gasteiger partial charge >= 0.3 is 11.0 Å². The van der Waals surface area contributed by atoms with E-state index in [0.717, 1.165) is 42.1 Å². The van der Waals surface area contributed by atoms with Crippen molar-refractivity contribution >= 4 is 44.4 Å². The van der Waals surface area contributed by atoms with E-state index in [9.17, 15) is 9.70 Å². The largest absolute Gasteiger partial charge is 0.385 e. The molecule has 1 heterocycles. The summed E-state index contributed by atoms with van der Waals surface area (Å²) in [6.45, 7) is 3.02. The monoisotopic (exact) mass is 396 g/mol. The second-order valence-corrected chi connectivity index (χ2v) is 7.17. The molecule has 0 fully saturated rings. The van der Waals surface area contributed by atoms with Crippen LogP contribution in [0.2, 0.25) is 0 Å². The highest BCUT2D eigenvalue weighted by molar-refractivity contribution is 7.18. The number of hydrogen-bond acceptors (Lipinski definition) is 6. The number of unbranched alkanes of at least 4 members (excludes halogenated alkanes) is 1. The molecule has 7 nitrogen and oxygen atoms in total. The van der Waals surface area contributed by atoms with Gasteiger partial charge in [-0.15, -0.1) is 4.91 Å². The zero-order chi connectivity index (χ0) is 19.8. The lowest BCUT2D eigenvalue weighted by Crippen LogP contribution is -2.18. The molecule has 4 N–H and O–H groups in total. The number of rotatable bonds is 9. The lowest BCUT2D eigenvalue weighted by Gasteiger charge is -2.13. The molecule has 0 spiro atoms. The molecule has 144 valence electrons. The van der Waals surface area contributed by atoms with Gasteiger partial charge in [-0.25, -0.2) is 9.78 Å². The summed E-state index contributed by atoms with van der Waals surface area (Å²) in [4.78, 5) is 26.2. The number of nitroso groups, excluding NO2 is 1. The third-order valence-corrected chi connectivity index (χ3v) is 4.85. The first kappa shape index (κ1) is 19.5. The summed E-state index contributed by atoms with van der Waals surface area (Å²) < 4.78 is 0. The third kappa shape index (κ3) is 5.14. The number of para-hydroxylation sites is 1. The van der Waals surface area contributed by atoms with E-state index >= 15 is 0 Å². The number of thiazole rings is 1. The zero-order valence-electron chi connectivity index (χ0n) is 15.5. The van der Waals surface area contributed by atoms with Crippen LogP contribution in [-0.2, 0) is 0 Å². The lowest BCUT2D eigenvalue weighted by atomic mass is 10.1. The average molecular weight is 396 g/mol. The Balaban J connectivity index is 1.84. The highest BCUT2D eigenvalue weighted by atomic mass is 32.1. The number of amides is 1. The fraction of sp³-hybridized carbons (Fsp3) is 0.200. The molecule has 3 aromatic rings. The number of benzene rings is 2. The van der Waals surface area contributed by atoms with Gasteiger partial charge in [-0.05, 0) is 53.3 Å². The Bertz CT molecular complexity index is 943. The van der Waals surface area contributed by atoms with E-state index in [1.165, 1.54) is 6.20 Å². The molecule has 0 aliphatic rings. The van der Waals surface area contributed by atoms with Gasteiger partial charge in [0.05, 0.1) is 11.3 Å². The number of aromatic amines is 1. The van der Waals surface area contributed by atoms with E-state index in [2.05, 4.69) is 33.0 Å². The Morgan fingerprint density at radius 2 is 1.96 bits per heavy atom. The summed E-state index contributed by atoms with van der Waals surface area (Å²) in [5.41, 5.74) is 3.01. The van der Waals surface area contributed by atoms with Crippen LogP contribution in [0.5, 0.6) is 0 Å². The number of nitrogens with one attached hydrogen (secondary N) is 4. The standard InChI is InChI=1S/C20H21N5O2S/c1-2-3-11-21-15-9-10-16(17(12-15)23-14-7-5-4-6-8-14)19(26)24-20-22-13-18(25-27)28-20/h4-10,12-13,21,23H,2-3,11H2,1H3,(H,22,24,26)/p+1. The second kappa shape index (κ2) is 9.61. The molecule has 2 aromatic carbocycles. The van der Waals surface area contributed by atoms with E-state index in [1.54, 1.807) is 6.07 Å². The minimum Gasteiger partial charge on any atom is -0.385 e. The minimum absolute atomic E-state index is 0.272. The molecular weight excluding hydrogens is 374 g/mol. The van der Waals surface area contributed by atoms with Gasteiger partial charge in [0.1, 0.15) is 6.20 Å². The lowest BCUT2D eigenvalue weighted by molar-refractivity contribution is -0.353. The highest BCUT2D eigenvalue weighted by Crippen LogP contribution is 2.27. The normalized spacial score (nSPS) is 10.3. The van der Waals surface area contributed by atoms with E-state index in [4.69, 9.17) is 0 Å². The van der Waals surface area contributed by atoms with Crippen molar-refractivity contribution in [1.29, 1.82) is 0 Å². The predicted octanol–water partition coefficient (Wildman–Crippen LogP) is 5.17. The molecule has 8 heteroatoms. The molecule has 0 aliphatic carbocycles. The third-order valence-electron chi connectivity index (χ3n) is 4.03. The Kier molecular flexibility index (Phi) is 6.69. The Hall–Kier alpha value is -3.26. The first-order valence-electron chi connectivity index (χ1n) is 9.06.